The van der Waals surface area contributed by atoms with Crippen molar-refractivity contribution in [3.63, 3.8) is 0 Å². The number of hydrogen-bond acceptors (Lipinski definition) is 4. The standard InChI is InChI=1S/C12H13FN2O5/c1-20-8-4-2-3-7(13)11(8)12(19)15-5-9(16)14-6-10(17)18/h2-4H,5-6H2,1H3,(H,14,16)(H,15,19)(H,17,18). The van der Waals surface area contributed by atoms with Crippen LogP contribution in [0.15, 0.2) is 18.2 Å². The van der Waals surface area contributed by atoms with Crippen LogP contribution in [-0.2, 0) is 9.59 Å². The van der Waals surface area contributed by atoms with Crippen LogP contribution in [0, 0.1) is 5.82 Å². The second kappa shape index (κ2) is 7.07. The van der Waals surface area contributed by atoms with Crippen molar-refractivity contribution in [1.82, 2.24) is 10.6 Å². The van der Waals surface area contributed by atoms with E-state index in [2.05, 4.69) is 10.6 Å². The molecule has 0 aromatic heterocycles. The van der Waals surface area contributed by atoms with Gasteiger partial charge < -0.3 is 20.5 Å². The summed E-state index contributed by atoms with van der Waals surface area (Å²) in [5, 5.41) is 12.6. The molecule has 7 nitrogen and oxygen atoms in total. The van der Waals surface area contributed by atoms with E-state index in [0.717, 1.165) is 6.07 Å². The van der Waals surface area contributed by atoms with Gasteiger partial charge >= 0.3 is 5.97 Å². The molecule has 2 amide bonds. The summed E-state index contributed by atoms with van der Waals surface area (Å²) >= 11 is 0. The molecular formula is C12H13FN2O5. The molecule has 0 saturated carbocycles. The van der Waals surface area contributed by atoms with Gasteiger partial charge in [0.05, 0.1) is 13.7 Å². The van der Waals surface area contributed by atoms with E-state index < -0.39 is 36.7 Å². The summed E-state index contributed by atoms with van der Waals surface area (Å²) in [4.78, 5) is 33.2. The fourth-order valence-electron chi connectivity index (χ4n) is 1.38. The van der Waals surface area contributed by atoms with Crippen LogP contribution in [0.2, 0.25) is 0 Å². The first kappa shape index (κ1) is 15.4. The average Bonchev–Trinajstić information content (AvgIpc) is 2.42. The number of carbonyl (C=O) groups excluding carboxylic acids is 2. The smallest absolute Gasteiger partial charge is 0.322 e. The third-order valence-electron chi connectivity index (χ3n) is 2.27. The lowest BCUT2D eigenvalue weighted by Crippen LogP contribution is -2.39. The van der Waals surface area contributed by atoms with Gasteiger partial charge in [0.2, 0.25) is 5.91 Å². The molecule has 0 aliphatic rings. The van der Waals surface area contributed by atoms with Crippen LogP contribution in [-0.4, -0.2) is 43.1 Å². The van der Waals surface area contributed by atoms with Gasteiger partial charge in [-0.1, -0.05) is 6.07 Å². The maximum atomic E-state index is 13.5. The lowest BCUT2D eigenvalue weighted by Gasteiger charge is -2.09. The number of hydrogen-bond donors (Lipinski definition) is 3. The van der Waals surface area contributed by atoms with Crippen LogP contribution in [0.4, 0.5) is 4.39 Å². The molecule has 3 N–H and O–H groups in total. The number of aliphatic carboxylic acids is 1. The van der Waals surface area contributed by atoms with Crippen LogP contribution in [0.3, 0.4) is 0 Å². The van der Waals surface area contributed by atoms with Crippen molar-refractivity contribution >= 4 is 17.8 Å². The number of rotatable bonds is 6. The summed E-state index contributed by atoms with van der Waals surface area (Å²) in [7, 11) is 1.28. The maximum absolute atomic E-state index is 13.5. The highest BCUT2D eigenvalue weighted by atomic mass is 19.1. The minimum Gasteiger partial charge on any atom is -0.496 e. The van der Waals surface area contributed by atoms with Gasteiger partial charge in [-0.15, -0.1) is 0 Å². The van der Waals surface area contributed by atoms with Gasteiger partial charge in [0.15, 0.2) is 0 Å². The Kier molecular flexibility index (Phi) is 5.45. The maximum Gasteiger partial charge on any atom is 0.322 e. The first-order valence-corrected chi connectivity index (χ1v) is 5.55. The Morgan fingerprint density at radius 1 is 1.25 bits per heavy atom. The molecule has 8 heteroatoms. The number of methoxy groups -OCH3 is 1. The minimum atomic E-state index is -1.21. The fourth-order valence-corrected chi connectivity index (χ4v) is 1.38. The van der Waals surface area contributed by atoms with Crippen LogP contribution in [0.5, 0.6) is 5.75 Å². The molecule has 0 radical (unpaired) electrons. The van der Waals surface area contributed by atoms with Crippen molar-refractivity contribution in [3.8, 4) is 5.75 Å². The van der Waals surface area contributed by atoms with E-state index in [4.69, 9.17) is 9.84 Å². The summed E-state index contributed by atoms with van der Waals surface area (Å²) in [5.41, 5.74) is -0.318. The van der Waals surface area contributed by atoms with Crippen molar-refractivity contribution in [3.05, 3.63) is 29.6 Å². The first-order valence-electron chi connectivity index (χ1n) is 5.55. The summed E-state index contributed by atoms with van der Waals surface area (Å²) in [6, 6.07) is 3.87. The molecule has 1 aromatic carbocycles. The molecule has 1 aromatic rings. The quantitative estimate of drug-likeness (QED) is 0.669. The van der Waals surface area contributed by atoms with Crippen LogP contribution >= 0.6 is 0 Å². The number of carboxylic acid groups (broad SMARTS) is 1. The first-order chi connectivity index (χ1) is 9.45. The molecule has 0 aliphatic carbocycles. The third-order valence-corrected chi connectivity index (χ3v) is 2.27. The predicted octanol–water partition coefficient (Wildman–Crippen LogP) is -0.235. The Labute approximate surface area is 113 Å². The van der Waals surface area contributed by atoms with Gasteiger partial charge in [0.1, 0.15) is 23.7 Å². The van der Waals surface area contributed by atoms with E-state index in [0.29, 0.717) is 0 Å². The van der Waals surface area contributed by atoms with E-state index in [1.807, 2.05) is 0 Å². The lowest BCUT2D eigenvalue weighted by molar-refractivity contribution is -0.137. The third kappa shape index (κ3) is 4.23. The molecule has 20 heavy (non-hydrogen) atoms. The topological polar surface area (TPSA) is 105 Å². The predicted molar refractivity (Wildman–Crippen MR) is 65.9 cm³/mol. The Morgan fingerprint density at radius 3 is 2.55 bits per heavy atom. The summed E-state index contributed by atoms with van der Waals surface area (Å²) in [5.74, 6) is -3.48. The Balaban J connectivity index is 2.64. The normalized spacial score (nSPS) is 9.70. The summed E-state index contributed by atoms with van der Waals surface area (Å²) in [6.07, 6.45) is 0. The number of benzene rings is 1. The number of ether oxygens (including phenoxy) is 1. The van der Waals surface area contributed by atoms with E-state index in [-0.39, 0.29) is 11.3 Å². The molecule has 1 rings (SSSR count). The van der Waals surface area contributed by atoms with Crippen LogP contribution < -0.4 is 15.4 Å². The van der Waals surface area contributed by atoms with Gasteiger partial charge in [0, 0.05) is 0 Å². The van der Waals surface area contributed by atoms with Crippen molar-refractivity contribution < 1.29 is 28.6 Å². The van der Waals surface area contributed by atoms with Crippen molar-refractivity contribution in [2.75, 3.05) is 20.2 Å². The number of carboxylic acids is 1. The molecule has 0 saturated heterocycles. The van der Waals surface area contributed by atoms with E-state index >= 15 is 0 Å². The van der Waals surface area contributed by atoms with Gasteiger partial charge in [-0.2, -0.15) is 0 Å². The molecule has 0 heterocycles. The largest absolute Gasteiger partial charge is 0.496 e. The zero-order valence-corrected chi connectivity index (χ0v) is 10.6. The van der Waals surface area contributed by atoms with Crippen LogP contribution in [0.25, 0.3) is 0 Å². The fraction of sp³-hybridized carbons (Fsp3) is 0.250. The minimum absolute atomic E-state index is 0.0356. The Hall–Kier alpha value is -2.64. The van der Waals surface area contributed by atoms with E-state index in [1.165, 1.54) is 19.2 Å². The lowest BCUT2D eigenvalue weighted by atomic mass is 10.1. The van der Waals surface area contributed by atoms with Gasteiger partial charge in [-0.3, -0.25) is 14.4 Å². The van der Waals surface area contributed by atoms with E-state index in [9.17, 15) is 18.8 Å². The monoisotopic (exact) mass is 284 g/mol. The molecule has 0 spiro atoms. The van der Waals surface area contributed by atoms with Crippen molar-refractivity contribution in [2.24, 2.45) is 0 Å². The Morgan fingerprint density at radius 2 is 1.95 bits per heavy atom. The number of halogens is 1. The summed E-state index contributed by atoms with van der Waals surface area (Å²) in [6.45, 7) is -1.03. The molecule has 0 bridgehead atoms. The molecular weight excluding hydrogens is 271 g/mol. The molecule has 0 atom stereocenters. The SMILES string of the molecule is COc1cccc(F)c1C(=O)NCC(=O)NCC(=O)O. The number of carbonyl (C=O) groups is 3. The number of nitrogens with one attached hydrogen (secondary N) is 2. The highest BCUT2D eigenvalue weighted by Gasteiger charge is 2.18. The molecule has 108 valence electrons. The van der Waals surface area contributed by atoms with Gasteiger partial charge in [-0.25, -0.2) is 4.39 Å². The van der Waals surface area contributed by atoms with Crippen molar-refractivity contribution in [2.45, 2.75) is 0 Å². The second-order valence-corrected chi connectivity index (χ2v) is 3.67. The number of amides is 2. The molecule has 0 fully saturated rings. The van der Waals surface area contributed by atoms with E-state index in [1.54, 1.807) is 0 Å². The highest BCUT2D eigenvalue weighted by Crippen LogP contribution is 2.20. The van der Waals surface area contributed by atoms with Crippen molar-refractivity contribution in [1.29, 1.82) is 0 Å². The average molecular weight is 284 g/mol. The molecule has 0 aliphatic heterocycles. The second-order valence-electron chi connectivity index (χ2n) is 3.67. The highest BCUT2D eigenvalue weighted by molar-refractivity contribution is 5.99. The van der Waals surface area contributed by atoms with Crippen LogP contribution in [0.1, 0.15) is 10.4 Å². The zero-order chi connectivity index (χ0) is 15.1. The summed E-state index contributed by atoms with van der Waals surface area (Å²) < 4.78 is 18.4. The zero-order valence-electron chi connectivity index (χ0n) is 10.6. The van der Waals surface area contributed by atoms with Gasteiger partial charge in [-0.05, 0) is 12.1 Å². The van der Waals surface area contributed by atoms with Gasteiger partial charge in [0.25, 0.3) is 5.91 Å². The Bertz CT molecular complexity index is 533. The molecule has 0 unspecified atom stereocenters.